The molecule has 2 aliphatic heterocycles. The van der Waals surface area contributed by atoms with Crippen molar-refractivity contribution in [3.63, 3.8) is 0 Å². The average molecular weight is 415 g/mol. The van der Waals surface area contributed by atoms with Crippen LogP contribution in [0.15, 0.2) is 52.5 Å². The van der Waals surface area contributed by atoms with E-state index in [2.05, 4.69) is 20.5 Å². The Balaban J connectivity index is 0.00000205. The molecule has 0 atom stereocenters. The standard InChI is InChI=1S/C22H23FN4O.ClH/c23-18-10-11-24-21-17-12-25-26-13-19(17)27-22(21)20(18)14-6-8-16(9-7-14)28-15-4-2-1-3-5-15;/h1-5,10,13-14,16,24,27H,6-9,11-12H2;1H/t14-,16-;. The lowest BCUT2D eigenvalue weighted by molar-refractivity contribution is 0.142. The van der Waals surface area contributed by atoms with E-state index in [0.717, 1.165) is 59.0 Å². The SMILES string of the molecule is Cl.FC1=CCNc2c3c([nH]c2=C1[C@H]1CC[C@H](Oc2ccccc2)CC1)=CN=NC3. The molecular formula is C22H24ClFN4O. The highest BCUT2D eigenvalue weighted by Gasteiger charge is 2.29. The number of nitrogens with one attached hydrogen (secondary N) is 2. The Kier molecular flexibility index (Phi) is 5.72. The van der Waals surface area contributed by atoms with Crippen LogP contribution < -0.4 is 20.8 Å². The average Bonchev–Trinajstić information content (AvgIpc) is 3.00. The predicted molar refractivity (Wildman–Crippen MR) is 114 cm³/mol. The topological polar surface area (TPSA) is 61.8 Å². The number of aromatic amines is 1. The second-order valence-electron chi connectivity index (χ2n) is 7.56. The van der Waals surface area contributed by atoms with Crippen molar-refractivity contribution in [3.05, 3.63) is 58.5 Å². The summed E-state index contributed by atoms with van der Waals surface area (Å²) < 4.78 is 21.2. The first kappa shape index (κ1) is 19.7. The van der Waals surface area contributed by atoms with Gasteiger partial charge in [0.1, 0.15) is 11.6 Å². The third kappa shape index (κ3) is 3.81. The number of rotatable bonds is 3. The fourth-order valence-electron chi connectivity index (χ4n) is 4.47. The maximum atomic E-state index is 15.1. The molecule has 2 N–H and O–H groups in total. The molecular weight excluding hydrogens is 391 g/mol. The molecule has 1 aromatic carbocycles. The smallest absolute Gasteiger partial charge is 0.126 e. The van der Waals surface area contributed by atoms with Crippen molar-refractivity contribution in [2.45, 2.75) is 38.3 Å². The van der Waals surface area contributed by atoms with E-state index < -0.39 is 0 Å². The van der Waals surface area contributed by atoms with Gasteiger partial charge in [0.15, 0.2) is 0 Å². The molecule has 29 heavy (non-hydrogen) atoms. The van der Waals surface area contributed by atoms with Gasteiger partial charge in [-0.1, -0.05) is 18.2 Å². The molecule has 0 saturated heterocycles. The summed E-state index contributed by atoms with van der Waals surface area (Å²) in [5, 5.41) is 13.3. The maximum Gasteiger partial charge on any atom is 0.126 e. The highest BCUT2D eigenvalue weighted by atomic mass is 35.5. The van der Waals surface area contributed by atoms with Gasteiger partial charge in [0.05, 0.1) is 35.2 Å². The number of hydrogen-bond acceptors (Lipinski definition) is 4. The fourth-order valence-corrected chi connectivity index (χ4v) is 4.47. The van der Waals surface area contributed by atoms with E-state index in [4.69, 9.17) is 4.74 Å². The lowest BCUT2D eigenvalue weighted by Crippen LogP contribution is -2.27. The summed E-state index contributed by atoms with van der Waals surface area (Å²) in [6.07, 6.45) is 7.24. The van der Waals surface area contributed by atoms with Gasteiger partial charge in [-0.05, 0) is 49.8 Å². The highest BCUT2D eigenvalue weighted by molar-refractivity contribution is 5.85. The first-order chi connectivity index (χ1) is 13.8. The van der Waals surface area contributed by atoms with E-state index >= 15 is 4.39 Å². The van der Waals surface area contributed by atoms with Crippen molar-refractivity contribution in [1.82, 2.24) is 4.98 Å². The van der Waals surface area contributed by atoms with Crippen LogP contribution in [0.5, 0.6) is 5.75 Å². The number of halogens is 2. The van der Waals surface area contributed by atoms with Crippen LogP contribution in [-0.2, 0) is 6.54 Å². The molecule has 1 saturated carbocycles. The molecule has 0 spiro atoms. The number of allylic oxidation sites excluding steroid dienone is 1. The highest BCUT2D eigenvalue weighted by Crippen LogP contribution is 2.37. The normalized spacial score (nSPS) is 22.8. The number of aromatic nitrogens is 1. The number of nitrogens with zero attached hydrogens (tertiary/aromatic N) is 2. The number of benzene rings is 1. The molecule has 0 radical (unpaired) electrons. The van der Waals surface area contributed by atoms with Gasteiger partial charge in [0.25, 0.3) is 0 Å². The summed E-state index contributed by atoms with van der Waals surface area (Å²) >= 11 is 0. The van der Waals surface area contributed by atoms with Gasteiger partial charge < -0.3 is 15.0 Å². The molecule has 152 valence electrons. The molecule has 0 amide bonds. The Labute approximate surface area is 174 Å². The Bertz CT molecular complexity index is 1050. The van der Waals surface area contributed by atoms with Crippen molar-refractivity contribution in [3.8, 4) is 5.75 Å². The first-order valence-electron chi connectivity index (χ1n) is 9.93. The van der Waals surface area contributed by atoms with Crippen LogP contribution in [-0.4, -0.2) is 17.6 Å². The van der Waals surface area contributed by atoms with Crippen LogP contribution in [0.2, 0.25) is 0 Å². The molecule has 5 nitrogen and oxygen atoms in total. The van der Waals surface area contributed by atoms with Gasteiger partial charge in [-0.15, -0.1) is 12.4 Å². The van der Waals surface area contributed by atoms with Crippen molar-refractivity contribution < 1.29 is 9.13 Å². The van der Waals surface area contributed by atoms with Gasteiger partial charge in [-0.3, -0.25) is 0 Å². The van der Waals surface area contributed by atoms with E-state index in [1.165, 1.54) is 0 Å². The molecule has 3 aliphatic rings. The summed E-state index contributed by atoms with van der Waals surface area (Å²) in [5.41, 5.74) is 2.85. The molecule has 0 unspecified atom stereocenters. The number of hydrogen-bond donors (Lipinski definition) is 2. The van der Waals surface area contributed by atoms with Gasteiger partial charge in [0, 0.05) is 17.7 Å². The van der Waals surface area contributed by atoms with E-state index in [1.807, 2.05) is 30.3 Å². The summed E-state index contributed by atoms with van der Waals surface area (Å²) in [4.78, 5) is 3.40. The van der Waals surface area contributed by atoms with E-state index in [-0.39, 0.29) is 30.3 Å². The monoisotopic (exact) mass is 414 g/mol. The van der Waals surface area contributed by atoms with Gasteiger partial charge in [-0.2, -0.15) is 10.2 Å². The number of ether oxygens (including phenoxy) is 1. The second kappa shape index (κ2) is 8.41. The van der Waals surface area contributed by atoms with Crippen molar-refractivity contribution in [2.75, 3.05) is 11.9 Å². The predicted octanol–water partition coefficient (Wildman–Crippen LogP) is 4.21. The lowest BCUT2D eigenvalue weighted by Gasteiger charge is -2.30. The summed E-state index contributed by atoms with van der Waals surface area (Å²) in [6.45, 7) is 1.01. The zero-order chi connectivity index (χ0) is 18.9. The minimum Gasteiger partial charge on any atom is -0.490 e. The Morgan fingerprint density at radius 2 is 1.86 bits per heavy atom. The Morgan fingerprint density at radius 1 is 1.07 bits per heavy atom. The molecule has 1 fully saturated rings. The summed E-state index contributed by atoms with van der Waals surface area (Å²) in [6, 6.07) is 9.94. The van der Waals surface area contributed by atoms with E-state index in [1.54, 1.807) is 12.3 Å². The number of anilines is 1. The van der Waals surface area contributed by atoms with Crippen LogP contribution in [0.4, 0.5) is 10.1 Å². The van der Waals surface area contributed by atoms with Crippen LogP contribution in [0.1, 0.15) is 31.2 Å². The quantitative estimate of drug-likeness (QED) is 0.790. The molecule has 7 heteroatoms. The molecule has 1 aliphatic carbocycles. The third-order valence-corrected chi connectivity index (χ3v) is 5.85. The third-order valence-electron chi connectivity index (χ3n) is 5.85. The lowest BCUT2D eigenvalue weighted by atomic mass is 9.81. The number of azo groups is 1. The minimum atomic E-state index is -0.119. The van der Waals surface area contributed by atoms with Gasteiger partial charge >= 0.3 is 0 Å². The van der Waals surface area contributed by atoms with Crippen LogP contribution in [0.3, 0.4) is 0 Å². The zero-order valence-corrected chi connectivity index (χ0v) is 16.8. The van der Waals surface area contributed by atoms with E-state index in [0.29, 0.717) is 13.1 Å². The molecule has 1 aromatic heterocycles. The van der Waals surface area contributed by atoms with Crippen molar-refractivity contribution in [1.29, 1.82) is 0 Å². The molecule has 3 heterocycles. The van der Waals surface area contributed by atoms with Crippen molar-refractivity contribution >= 4 is 29.9 Å². The van der Waals surface area contributed by atoms with E-state index in [9.17, 15) is 0 Å². The van der Waals surface area contributed by atoms with Gasteiger partial charge in [0.2, 0.25) is 0 Å². The first-order valence-corrected chi connectivity index (χ1v) is 9.93. The molecule has 2 aromatic rings. The number of fused-ring (bicyclic) bond motifs is 3. The Morgan fingerprint density at radius 3 is 2.66 bits per heavy atom. The Hall–Kier alpha value is -2.60. The minimum absolute atomic E-state index is 0. The van der Waals surface area contributed by atoms with Crippen molar-refractivity contribution in [2.24, 2.45) is 16.1 Å². The van der Waals surface area contributed by atoms with Gasteiger partial charge in [-0.25, -0.2) is 4.39 Å². The zero-order valence-electron chi connectivity index (χ0n) is 16.0. The summed E-state index contributed by atoms with van der Waals surface area (Å²) in [7, 11) is 0. The molecule has 0 bridgehead atoms. The number of H-pyrrole nitrogens is 1. The number of para-hydroxylation sites is 1. The van der Waals surface area contributed by atoms with Crippen LogP contribution in [0.25, 0.3) is 11.8 Å². The molecule has 5 rings (SSSR count). The second-order valence-corrected chi connectivity index (χ2v) is 7.56. The maximum absolute atomic E-state index is 15.1. The fraction of sp³-hybridized carbons (Fsp3) is 0.364. The van der Waals surface area contributed by atoms with Crippen LogP contribution >= 0.6 is 12.4 Å². The largest absolute Gasteiger partial charge is 0.490 e. The van der Waals surface area contributed by atoms with Crippen LogP contribution in [0, 0.1) is 5.92 Å². The summed E-state index contributed by atoms with van der Waals surface area (Å²) in [5.74, 6) is 0.969.